The van der Waals surface area contributed by atoms with E-state index >= 15 is 0 Å². The number of hydrogen-bond acceptors (Lipinski definition) is 6. The van der Waals surface area contributed by atoms with E-state index in [1.165, 1.54) is 32.2 Å². The number of carbonyl (C=O) groups is 1. The van der Waals surface area contributed by atoms with E-state index in [9.17, 15) is 14.9 Å². The summed E-state index contributed by atoms with van der Waals surface area (Å²) < 4.78 is 16.8. The van der Waals surface area contributed by atoms with E-state index in [0.29, 0.717) is 17.0 Å². The summed E-state index contributed by atoms with van der Waals surface area (Å²) in [6.45, 7) is 1.51. The molecular weight excluding hydrogens is 388 g/mol. The summed E-state index contributed by atoms with van der Waals surface area (Å²) in [6.07, 6.45) is -0.984. The Morgan fingerprint density at radius 3 is 2.53 bits per heavy atom. The molecule has 152 valence electrons. The van der Waals surface area contributed by atoms with E-state index in [0.717, 1.165) is 16.4 Å². The molecule has 0 spiro atoms. The van der Waals surface area contributed by atoms with Gasteiger partial charge >= 0.3 is 5.69 Å². The highest BCUT2D eigenvalue weighted by atomic mass is 16.6. The summed E-state index contributed by atoms with van der Waals surface area (Å²) in [4.78, 5) is 23.3. The van der Waals surface area contributed by atoms with Crippen LogP contribution in [0.15, 0.2) is 65.1 Å². The summed E-state index contributed by atoms with van der Waals surface area (Å²) in [5, 5.41) is 15.7. The van der Waals surface area contributed by atoms with Crippen LogP contribution in [-0.2, 0) is 4.79 Å². The van der Waals surface area contributed by atoms with Gasteiger partial charge in [0.1, 0.15) is 16.9 Å². The molecule has 0 aliphatic carbocycles. The van der Waals surface area contributed by atoms with E-state index in [4.69, 9.17) is 13.9 Å². The van der Waals surface area contributed by atoms with Crippen LogP contribution in [0.25, 0.3) is 21.9 Å². The van der Waals surface area contributed by atoms with Gasteiger partial charge in [-0.3, -0.25) is 14.9 Å². The second-order valence-electron chi connectivity index (χ2n) is 6.62. The van der Waals surface area contributed by atoms with Crippen molar-refractivity contribution in [2.75, 3.05) is 12.4 Å². The van der Waals surface area contributed by atoms with Crippen molar-refractivity contribution in [2.24, 2.45) is 0 Å². The number of fused-ring (bicyclic) bond motifs is 3. The maximum absolute atomic E-state index is 12.7. The average molecular weight is 406 g/mol. The minimum Gasteiger partial charge on any atom is -0.495 e. The van der Waals surface area contributed by atoms with Crippen LogP contribution >= 0.6 is 0 Å². The number of nitrogens with one attached hydrogen (secondary N) is 1. The molecule has 3 aromatic carbocycles. The molecule has 0 unspecified atom stereocenters. The summed E-state index contributed by atoms with van der Waals surface area (Å²) in [6, 6.07) is 17.0. The molecule has 1 N–H and O–H groups in total. The number of hydrogen-bond donors (Lipinski definition) is 1. The number of para-hydroxylation sites is 3. The summed E-state index contributed by atoms with van der Waals surface area (Å²) >= 11 is 0. The van der Waals surface area contributed by atoms with Gasteiger partial charge in [0.25, 0.3) is 5.91 Å². The van der Waals surface area contributed by atoms with Gasteiger partial charge < -0.3 is 19.2 Å². The lowest BCUT2D eigenvalue weighted by atomic mass is 10.1. The maximum Gasteiger partial charge on any atom is 0.310 e. The molecule has 1 atom stereocenters. The Bertz CT molecular complexity index is 1260. The molecule has 1 amide bonds. The van der Waals surface area contributed by atoms with Gasteiger partial charge in [0.2, 0.25) is 0 Å². The van der Waals surface area contributed by atoms with Gasteiger partial charge in [0.15, 0.2) is 11.9 Å². The Balaban J connectivity index is 1.61. The van der Waals surface area contributed by atoms with E-state index in [-0.39, 0.29) is 11.4 Å². The molecule has 1 aromatic heterocycles. The van der Waals surface area contributed by atoms with Gasteiger partial charge in [-0.15, -0.1) is 0 Å². The lowest BCUT2D eigenvalue weighted by Gasteiger charge is -2.16. The van der Waals surface area contributed by atoms with Gasteiger partial charge in [-0.05, 0) is 25.1 Å². The number of nitro benzene ring substituents is 1. The quantitative estimate of drug-likeness (QED) is 0.360. The zero-order valence-corrected chi connectivity index (χ0v) is 16.2. The highest BCUT2D eigenvalue weighted by Crippen LogP contribution is 2.36. The third-order valence-electron chi connectivity index (χ3n) is 4.69. The number of benzene rings is 3. The number of nitro groups is 1. The third-order valence-corrected chi connectivity index (χ3v) is 4.69. The molecular formula is C22H18N2O6. The molecule has 0 aliphatic heterocycles. The standard InChI is InChI=1S/C22H18N2O6/c1-13(29-19-10-6-4-8-17(19)24(26)27)22(25)23-16-12-20-15(11-21(16)28-2)14-7-3-5-9-18(14)30-20/h3-13H,1-2H3,(H,23,25)/t13-/m0/s1. The van der Waals surface area contributed by atoms with Crippen molar-refractivity contribution in [3.05, 3.63) is 70.8 Å². The number of ether oxygens (including phenoxy) is 2. The second-order valence-corrected chi connectivity index (χ2v) is 6.62. The molecule has 0 radical (unpaired) electrons. The van der Waals surface area contributed by atoms with Crippen molar-refractivity contribution in [3.8, 4) is 11.5 Å². The van der Waals surface area contributed by atoms with Crippen LogP contribution in [0.2, 0.25) is 0 Å². The van der Waals surface area contributed by atoms with Crippen molar-refractivity contribution < 1.29 is 23.6 Å². The molecule has 4 rings (SSSR count). The predicted octanol–water partition coefficient (Wildman–Crippen LogP) is 4.91. The molecule has 0 saturated carbocycles. The largest absolute Gasteiger partial charge is 0.495 e. The maximum atomic E-state index is 12.7. The highest BCUT2D eigenvalue weighted by Gasteiger charge is 2.22. The molecule has 0 aliphatic rings. The predicted molar refractivity (Wildman–Crippen MR) is 112 cm³/mol. The van der Waals surface area contributed by atoms with Crippen LogP contribution < -0.4 is 14.8 Å². The van der Waals surface area contributed by atoms with Gasteiger partial charge in [-0.2, -0.15) is 0 Å². The Hall–Kier alpha value is -4.07. The Kier molecular flexibility index (Phi) is 4.97. The molecule has 30 heavy (non-hydrogen) atoms. The third kappa shape index (κ3) is 3.50. The van der Waals surface area contributed by atoms with Crippen molar-refractivity contribution in [3.63, 3.8) is 0 Å². The SMILES string of the molecule is COc1cc2c(cc1NC(=O)[C@H](C)Oc1ccccc1[N+](=O)[O-])oc1ccccc12. The van der Waals surface area contributed by atoms with Gasteiger partial charge in [-0.1, -0.05) is 30.3 Å². The number of carbonyl (C=O) groups excluding carboxylic acids is 1. The summed E-state index contributed by atoms with van der Waals surface area (Å²) in [5.41, 5.74) is 1.52. The fourth-order valence-corrected chi connectivity index (χ4v) is 3.20. The summed E-state index contributed by atoms with van der Waals surface area (Å²) in [5.74, 6) is -0.00735. The molecule has 0 saturated heterocycles. The lowest BCUT2D eigenvalue weighted by molar-refractivity contribution is -0.386. The molecule has 0 bridgehead atoms. The van der Waals surface area contributed by atoms with Crippen LogP contribution in [-0.4, -0.2) is 24.0 Å². The first-order valence-electron chi connectivity index (χ1n) is 9.18. The normalized spacial score (nSPS) is 11.9. The molecule has 4 aromatic rings. The van der Waals surface area contributed by atoms with E-state index in [2.05, 4.69) is 5.32 Å². The van der Waals surface area contributed by atoms with Crippen LogP contribution in [0, 0.1) is 10.1 Å². The smallest absolute Gasteiger partial charge is 0.310 e. The van der Waals surface area contributed by atoms with Crippen LogP contribution in [0.1, 0.15) is 6.92 Å². The fraction of sp³-hybridized carbons (Fsp3) is 0.136. The number of methoxy groups -OCH3 is 1. The minimum absolute atomic E-state index is 0.0184. The molecule has 8 nitrogen and oxygen atoms in total. The summed E-state index contributed by atoms with van der Waals surface area (Å²) in [7, 11) is 1.51. The topological polar surface area (TPSA) is 104 Å². The van der Waals surface area contributed by atoms with Gasteiger partial charge in [0, 0.05) is 22.9 Å². The van der Waals surface area contributed by atoms with Crippen LogP contribution in [0.3, 0.4) is 0 Å². The first-order chi connectivity index (χ1) is 14.5. The average Bonchev–Trinajstić information content (AvgIpc) is 3.10. The second kappa shape index (κ2) is 7.75. The lowest BCUT2D eigenvalue weighted by Crippen LogP contribution is -2.30. The Labute approximate surface area is 171 Å². The monoisotopic (exact) mass is 406 g/mol. The number of nitrogens with zero attached hydrogens (tertiary/aromatic N) is 1. The van der Waals surface area contributed by atoms with E-state index < -0.39 is 16.9 Å². The first kappa shape index (κ1) is 19.3. The van der Waals surface area contributed by atoms with Crippen LogP contribution in [0.4, 0.5) is 11.4 Å². The Morgan fingerprint density at radius 2 is 1.77 bits per heavy atom. The minimum atomic E-state index is -0.984. The number of furan rings is 1. The van der Waals surface area contributed by atoms with Crippen molar-refractivity contribution in [2.45, 2.75) is 13.0 Å². The molecule has 0 fully saturated rings. The van der Waals surface area contributed by atoms with Crippen molar-refractivity contribution in [1.82, 2.24) is 0 Å². The number of anilines is 1. The van der Waals surface area contributed by atoms with Crippen LogP contribution in [0.5, 0.6) is 11.5 Å². The molecule has 1 heterocycles. The first-order valence-corrected chi connectivity index (χ1v) is 9.18. The van der Waals surface area contributed by atoms with Crippen molar-refractivity contribution >= 4 is 39.2 Å². The zero-order valence-electron chi connectivity index (χ0n) is 16.2. The highest BCUT2D eigenvalue weighted by molar-refractivity contribution is 6.08. The number of amides is 1. The zero-order chi connectivity index (χ0) is 21.3. The molecule has 8 heteroatoms. The van der Waals surface area contributed by atoms with Gasteiger partial charge in [0.05, 0.1) is 17.7 Å². The van der Waals surface area contributed by atoms with Gasteiger partial charge in [-0.25, -0.2) is 0 Å². The fourth-order valence-electron chi connectivity index (χ4n) is 3.20. The van der Waals surface area contributed by atoms with E-state index in [1.54, 1.807) is 18.2 Å². The van der Waals surface area contributed by atoms with E-state index in [1.807, 2.05) is 24.3 Å². The Morgan fingerprint density at radius 1 is 1.03 bits per heavy atom. The number of rotatable bonds is 6. The van der Waals surface area contributed by atoms with Crippen molar-refractivity contribution in [1.29, 1.82) is 0 Å².